The van der Waals surface area contributed by atoms with Crippen molar-refractivity contribution in [2.75, 3.05) is 19.0 Å². The fraction of sp³-hybridized carbons (Fsp3) is 0.500. The summed E-state index contributed by atoms with van der Waals surface area (Å²) in [5, 5.41) is 13.5. The van der Waals surface area contributed by atoms with Crippen LogP contribution in [-0.4, -0.2) is 39.1 Å². The van der Waals surface area contributed by atoms with Crippen LogP contribution in [0.15, 0.2) is 23.1 Å². The Balaban J connectivity index is 2.30. The summed E-state index contributed by atoms with van der Waals surface area (Å²) in [7, 11) is -2.25. The summed E-state index contributed by atoms with van der Waals surface area (Å²) in [6.45, 7) is 2.31. The van der Waals surface area contributed by atoms with Crippen LogP contribution in [0, 0.1) is 10.1 Å². The Bertz CT molecular complexity index is 646. The predicted octanol–water partition coefficient (Wildman–Crippen LogP) is 1.09. The minimum atomic E-state index is -3.74. The third-order valence-corrected chi connectivity index (χ3v) is 4.91. The zero-order valence-electron chi connectivity index (χ0n) is 11.7. The van der Waals surface area contributed by atoms with E-state index in [4.69, 9.17) is 4.74 Å². The maximum Gasteiger partial charge on any atom is 0.292 e. The fourth-order valence-corrected chi connectivity index (χ4v) is 3.56. The Hall–Kier alpha value is -1.71. The van der Waals surface area contributed by atoms with E-state index in [1.165, 1.54) is 25.2 Å². The number of nitro benzene ring substituents is 1. The molecule has 0 aromatic heterocycles. The monoisotopic (exact) mass is 315 g/mol. The highest BCUT2D eigenvalue weighted by atomic mass is 32.2. The van der Waals surface area contributed by atoms with Gasteiger partial charge in [-0.15, -0.1) is 0 Å². The topological polar surface area (TPSA) is 111 Å². The summed E-state index contributed by atoms with van der Waals surface area (Å²) in [5.74, 6) is 0. The molecule has 0 amide bonds. The molecular weight excluding hydrogens is 298 g/mol. The molecule has 0 spiro atoms. The van der Waals surface area contributed by atoms with Crippen molar-refractivity contribution in [3.63, 3.8) is 0 Å². The van der Waals surface area contributed by atoms with Gasteiger partial charge in [-0.05, 0) is 25.5 Å². The van der Waals surface area contributed by atoms with Gasteiger partial charge in [-0.3, -0.25) is 10.1 Å². The van der Waals surface area contributed by atoms with Crippen molar-refractivity contribution in [3.8, 4) is 0 Å². The second kappa shape index (κ2) is 5.96. The van der Waals surface area contributed by atoms with E-state index in [-0.39, 0.29) is 28.4 Å². The summed E-state index contributed by atoms with van der Waals surface area (Å²) in [5.41, 5.74) is -0.0207. The quantitative estimate of drug-likeness (QED) is 0.621. The lowest BCUT2D eigenvalue weighted by Crippen LogP contribution is -2.39. The molecule has 0 aliphatic carbocycles. The Kier molecular flexibility index (Phi) is 4.45. The number of hydrogen-bond donors (Lipinski definition) is 2. The smallest absolute Gasteiger partial charge is 0.292 e. The van der Waals surface area contributed by atoms with Gasteiger partial charge in [0.15, 0.2) is 0 Å². The second-order valence-corrected chi connectivity index (χ2v) is 6.49. The summed E-state index contributed by atoms with van der Waals surface area (Å²) >= 11 is 0. The van der Waals surface area contributed by atoms with Crippen molar-refractivity contribution in [2.45, 2.75) is 30.4 Å². The van der Waals surface area contributed by atoms with E-state index < -0.39 is 14.9 Å². The molecule has 1 aliphatic rings. The molecule has 1 fully saturated rings. The molecule has 8 nitrogen and oxygen atoms in total. The van der Waals surface area contributed by atoms with Crippen LogP contribution >= 0.6 is 0 Å². The van der Waals surface area contributed by atoms with E-state index in [1.54, 1.807) is 6.92 Å². The summed E-state index contributed by atoms with van der Waals surface area (Å²) in [4.78, 5) is 10.3. The first-order valence-electron chi connectivity index (χ1n) is 6.45. The van der Waals surface area contributed by atoms with Crippen LogP contribution in [0.5, 0.6) is 0 Å². The lowest BCUT2D eigenvalue weighted by atomic mass is 10.2. The van der Waals surface area contributed by atoms with Crippen LogP contribution in [0.2, 0.25) is 0 Å². The predicted molar refractivity (Wildman–Crippen MR) is 76.8 cm³/mol. The first-order valence-corrected chi connectivity index (χ1v) is 7.93. The minimum absolute atomic E-state index is 0.0171. The molecule has 116 valence electrons. The molecule has 1 heterocycles. The Morgan fingerprint density at radius 2 is 2.14 bits per heavy atom. The molecule has 2 atom stereocenters. The molecule has 2 unspecified atom stereocenters. The Morgan fingerprint density at radius 3 is 2.67 bits per heavy atom. The third kappa shape index (κ3) is 3.31. The van der Waals surface area contributed by atoms with E-state index in [0.717, 1.165) is 0 Å². The Labute approximate surface area is 122 Å². The molecule has 9 heteroatoms. The van der Waals surface area contributed by atoms with Gasteiger partial charge in [0.05, 0.1) is 22.0 Å². The average molecular weight is 315 g/mol. The number of benzene rings is 1. The van der Waals surface area contributed by atoms with Crippen molar-refractivity contribution in [2.24, 2.45) is 0 Å². The first-order chi connectivity index (χ1) is 9.85. The van der Waals surface area contributed by atoms with Crippen molar-refractivity contribution in [3.05, 3.63) is 28.3 Å². The van der Waals surface area contributed by atoms with Gasteiger partial charge in [0.1, 0.15) is 5.69 Å². The normalized spacial score (nSPS) is 22.2. The van der Waals surface area contributed by atoms with Gasteiger partial charge in [0.2, 0.25) is 10.0 Å². The minimum Gasteiger partial charge on any atom is -0.383 e. The molecule has 0 bridgehead atoms. The molecular formula is C12H17N3O5S. The van der Waals surface area contributed by atoms with Crippen molar-refractivity contribution >= 4 is 21.4 Å². The van der Waals surface area contributed by atoms with Crippen LogP contribution in [0.1, 0.15) is 13.3 Å². The lowest BCUT2D eigenvalue weighted by molar-refractivity contribution is -0.384. The molecule has 1 aromatic rings. The van der Waals surface area contributed by atoms with E-state index in [9.17, 15) is 18.5 Å². The zero-order chi connectivity index (χ0) is 15.6. The van der Waals surface area contributed by atoms with Gasteiger partial charge in [-0.25, -0.2) is 13.1 Å². The maximum absolute atomic E-state index is 12.3. The van der Waals surface area contributed by atoms with E-state index in [2.05, 4.69) is 10.0 Å². The summed E-state index contributed by atoms with van der Waals surface area (Å²) < 4.78 is 32.5. The average Bonchev–Trinajstić information content (AvgIpc) is 2.82. The van der Waals surface area contributed by atoms with Gasteiger partial charge in [0, 0.05) is 19.7 Å². The number of rotatable bonds is 5. The van der Waals surface area contributed by atoms with Crippen LogP contribution < -0.4 is 10.0 Å². The molecule has 1 saturated heterocycles. The number of ether oxygens (including phenoxy) is 1. The molecule has 2 N–H and O–H groups in total. The van der Waals surface area contributed by atoms with Crippen molar-refractivity contribution in [1.82, 2.24) is 4.72 Å². The van der Waals surface area contributed by atoms with Crippen LogP contribution in [0.25, 0.3) is 0 Å². The number of nitrogens with zero attached hydrogens (tertiary/aromatic N) is 1. The molecule has 1 aliphatic heterocycles. The molecule has 1 aromatic carbocycles. The van der Waals surface area contributed by atoms with Gasteiger partial charge in [-0.1, -0.05) is 0 Å². The van der Waals surface area contributed by atoms with Crippen LogP contribution in [0.4, 0.5) is 11.4 Å². The number of hydrogen-bond acceptors (Lipinski definition) is 6. The van der Waals surface area contributed by atoms with Gasteiger partial charge >= 0.3 is 0 Å². The summed E-state index contributed by atoms with van der Waals surface area (Å²) in [6, 6.07) is 3.36. The standard InChI is InChI=1S/C12H17N3O5S/c1-8-10(5-6-20-8)14-21(18,19)9-3-4-12(15(16)17)11(7-9)13-2/h3-4,7-8,10,13-14H,5-6H2,1-2H3. The number of anilines is 1. The first kappa shape index (κ1) is 15.7. The Morgan fingerprint density at radius 1 is 1.43 bits per heavy atom. The largest absolute Gasteiger partial charge is 0.383 e. The van der Waals surface area contributed by atoms with E-state index in [1.807, 2.05) is 0 Å². The molecule has 2 rings (SSSR count). The van der Waals surface area contributed by atoms with Crippen molar-refractivity contribution < 1.29 is 18.1 Å². The highest BCUT2D eigenvalue weighted by Gasteiger charge is 2.30. The van der Waals surface area contributed by atoms with E-state index >= 15 is 0 Å². The molecule has 0 saturated carbocycles. The van der Waals surface area contributed by atoms with Gasteiger partial charge < -0.3 is 10.1 Å². The summed E-state index contributed by atoms with van der Waals surface area (Å²) in [6.07, 6.45) is 0.410. The number of nitro groups is 1. The van der Waals surface area contributed by atoms with Gasteiger partial charge in [-0.2, -0.15) is 0 Å². The van der Waals surface area contributed by atoms with Crippen LogP contribution in [-0.2, 0) is 14.8 Å². The zero-order valence-corrected chi connectivity index (χ0v) is 12.5. The number of nitrogens with one attached hydrogen (secondary N) is 2. The van der Waals surface area contributed by atoms with Gasteiger partial charge in [0.25, 0.3) is 5.69 Å². The highest BCUT2D eigenvalue weighted by molar-refractivity contribution is 7.89. The van der Waals surface area contributed by atoms with Crippen LogP contribution in [0.3, 0.4) is 0 Å². The third-order valence-electron chi connectivity index (χ3n) is 3.43. The molecule has 0 radical (unpaired) electrons. The fourth-order valence-electron chi connectivity index (χ4n) is 2.20. The maximum atomic E-state index is 12.3. The lowest BCUT2D eigenvalue weighted by Gasteiger charge is -2.16. The van der Waals surface area contributed by atoms with Crippen molar-refractivity contribution in [1.29, 1.82) is 0 Å². The SMILES string of the molecule is CNc1cc(S(=O)(=O)NC2CCOC2C)ccc1[N+](=O)[O-]. The van der Waals surface area contributed by atoms with E-state index in [0.29, 0.717) is 13.0 Å². The second-order valence-electron chi connectivity index (χ2n) is 4.78. The highest BCUT2D eigenvalue weighted by Crippen LogP contribution is 2.27. The molecule has 21 heavy (non-hydrogen) atoms. The number of sulfonamides is 1.